The molecular weight excluding hydrogens is 372 g/mol. The van der Waals surface area contributed by atoms with Gasteiger partial charge in [0.05, 0.1) is 26.4 Å². The number of β-amino-alcohol motifs (C(OH)–C–C–N with tert-alkyl or cyclic N) is 1. The third kappa shape index (κ3) is 5.27. The van der Waals surface area contributed by atoms with Crippen LogP contribution in [0.15, 0.2) is 36.7 Å². The second-order valence-corrected chi connectivity index (χ2v) is 7.70. The van der Waals surface area contributed by atoms with Crippen LogP contribution in [0.25, 0.3) is 0 Å². The van der Waals surface area contributed by atoms with Crippen molar-refractivity contribution in [2.24, 2.45) is 0 Å². The summed E-state index contributed by atoms with van der Waals surface area (Å²) < 4.78 is 18.7. The Kier molecular flexibility index (Phi) is 6.66. The van der Waals surface area contributed by atoms with E-state index < -0.39 is 6.10 Å². The molecule has 0 spiro atoms. The number of hydrogen-bond acceptors (Lipinski definition) is 7. The molecule has 0 bridgehead atoms. The standard InChI is InChI=1S/C21H30N4O4/c1-27-20-4-3-17(12-24-13-18(14-24)25-6-2-5-22-25)11-21(20)29-16-19(26)15-23-7-9-28-10-8-23/h2-6,11,18-19,26H,7-10,12-16H2,1H3. The summed E-state index contributed by atoms with van der Waals surface area (Å²) in [6.07, 6.45) is 3.29. The SMILES string of the molecule is COc1ccc(CN2CC(n3cccn3)C2)cc1OCC(O)CN1CCOCC1. The van der Waals surface area contributed by atoms with Gasteiger partial charge in [-0.15, -0.1) is 0 Å². The van der Waals surface area contributed by atoms with Crippen LogP contribution in [-0.4, -0.2) is 90.4 Å². The zero-order chi connectivity index (χ0) is 20.1. The first-order valence-corrected chi connectivity index (χ1v) is 10.2. The number of methoxy groups -OCH3 is 1. The zero-order valence-corrected chi connectivity index (χ0v) is 16.9. The fourth-order valence-corrected chi connectivity index (χ4v) is 3.85. The fraction of sp³-hybridized carbons (Fsp3) is 0.571. The highest BCUT2D eigenvalue weighted by molar-refractivity contribution is 5.43. The Morgan fingerprint density at radius 2 is 2.03 bits per heavy atom. The lowest BCUT2D eigenvalue weighted by Gasteiger charge is -2.39. The van der Waals surface area contributed by atoms with E-state index in [1.165, 1.54) is 5.56 Å². The number of rotatable bonds is 9. The van der Waals surface area contributed by atoms with Crippen LogP contribution in [0.3, 0.4) is 0 Å². The number of aliphatic hydroxyl groups excluding tert-OH is 1. The Bertz CT molecular complexity index is 758. The van der Waals surface area contributed by atoms with Crippen molar-refractivity contribution >= 4 is 0 Å². The van der Waals surface area contributed by atoms with Crippen LogP contribution in [0, 0.1) is 0 Å². The third-order valence-corrected chi connectivity index (χ3v) is 5.47. The second kappa shape index (κ2) is 9.58. The van der Waals surface area contributed by atoms with Crippen molar-refractivity contribution < 1.29 is 19.3 Å². The van der Waals surface area contributed by atoms with Crippen LogP contribution >= 0.6 is 0 Å². The van der Waals surface area contributed by atoms with Gasteiger partial charge in [-0.3, -0.25) is 14.5 Å². The highest BCUT2D eigenvalue weighted by Gasteiger charge is 2.28. The summed E-state index contributed by atoms with van der Waals surface area (Å²) in [7, 11) is 1.64. The molecule has 2 fully saturated rings. The fourth-order valence-electron chi connectivity index (χ4n) is 3.85. The van der Waals surface area contributed by atoms with Gasteiger partial charge in [-0.25, -0.2) is 0 Å². The number of hydrogen-bond donors (Lipinski definition) is 1. The van der Waals surface area contributed by atoms with Crippen molar-refractivity contribution in [3.8, 4) is 11.5 Å². The van der Waals surface area contributed by atoms with Crippen molar-refractivity contribution in [3.05, 3.63) is 42.2 Å². The lowest BCUT2D eigenvalue weighted by atomic mass is 10.1. The second-order valence-electron chi connectivity index (χ2n) is 7.70. The van der Waals surface area contributed by atoms with Gasteiger partial charge in [-0.2, -0.15) is 5.10 Å². The van der Waals surface area contributed by atoms with Crippen LogP contribution in [-0.2, 0) is 11.3 Å². The van der Waals surface area contributed by atoms with Gasteiger partial charge in [0.15, 0.2) is 11.5 Å². The molecular formula is C21H30N4O4. The number of likely N-dealkylation sites (tertiary alicyclic amines) is 1. The summed E-state index contributed by atoms with van der Waals surface area (Å²) in [6.45, 7) is 6.81. The van der Waals surface area contributed by atoms with E-state index in [-0.39, 0.29) is 6.61 Å². The Labute approximate surface area is 171 Å². The summed E-state index contributed by atoms with van der Waals surface area (Å²) in [5, 5.41) is 14.7. The van der Waals surface area contributed by atoms with E-state index in [9.17, 15) is 5.11 Å². The van der Waals surface area contributed by atoms with Gasteiger partial charge in [-0.1, -0.05) is 6.07 Å². The molecule has 1 N–H and O–H groups in total. The summed E-state index contributed by atoms with van der Waals surface area (Å²) in [5.74, 6) is 1.36. The van der Waals surface area contributed by atoms with Crippen LogP contribution in [0.1, 0.15) is 11.6 Å². The number of aromatic nitrogens is 2. The molecule has 2 aromatic rings. The number of nitrogens with zero attached hydrogens (tertiary/aromatic N) is 4. The van der Waals surface area contributed by atoms with Gasteiger partial charge < -0.3 is 19.3 Å². The predicted molar refractivity (Wildman–Crippen MR) is 108 cm³/mol. The maximum Gasteiger partial charge on any atom is 0.161 e. The van der Waals surface area contributed by atoms with Crippen molar-refractivity contribution in [1.29, 1.82) is 0 Å². The highest BCUT2D eigenvalue weighted by atomic mass is 16.5. The van der Waals surface area contributed by atoms with E-state index in [4.69, 9.17) is 14.2 Å². The summed E-state index contributed by atoms with van der Waals surface area (Å²) in [5.41, 5.74) is 1.17. The molecule has 0 saturated carbocycles. The quantitative estimate of drug-likeness (QED) is 0.671. The molecule has 0 amide bonds. The van der Waals surface area contributed by atoms with Crippen molar-refractivity contribution in [2.75, 3.05) is 59.7 Å². The third-order valence-electron chi connectivity index (χ3n) is 5.47. The molecule has 1 aromatic heterocycles. The molecule has 4 rings (SSSR count). The monoisotopic (exact) mass is 402 g/mol. The van der Waals surface area contributed by atoms with Gasteiger partial charge in [0.1, 0.15) is 12.7 Å². The lowest BCUT2D eigenvalue weighted by Crippen LogP contribution is -2.47. The first-order chi connectivity index (χ1) is 14.2. The molecule has 3 heterocycles. The first kappa shape index (κ1) is 20.2. The van der Waals surface area contributed by atoms with Gasteiger partial charge in [0.2, 0.25) is 0 Å². The minimum Gasteiger partial charge on any atom is -0.493 e. The van der Waals surface area contributed by atoms with E-state index in [1.54, 1.807) is 7.11 Å². The van der Waals surface area contributed by atoms with Gasteiger partial charge in [0.25, 0.3) is 0 Å². The van der Waals surface area contributed by atoms with Crippen molar-refractivity contribution in [2.45, 2.75) is 18.7 Å². The summed E-state index contributed by atoms with van der Waals surface area (Å²) >= 11 is 0. The van der Waals surface area contributed by atoms with Crippen molar-refractivity contribution in [3.63, 3.8) is 0 Å². The van der Waals surface area contributed by atoms with Crippen LogP contribution in [0.2, 0.25) is 0 Å². The Morgan fingerprint density at radius 1 is 1.21 bits per heavy atom. The molecule has 8 nitrogen and oxygen atoms in total. The highest BCUT2D eigenvalue weighted by Crippen LogP contribution is 2.30. The zero-order valence-electron chi connectivity index (χ0n) is 16.9. The maximum absolute atomic E-state index is 10.3. The van der Waals surface area contributed by atoms with E-state index in [2.05, 4.69) is 21.0 Å². The lowest BCUT2D eigenvalue weighted by molar-refractivity contribution is 0.00443. The van der Waals surface area contributed by atoms with Crippen LogP contribution in [0.5, 0.6) is 11.5 Å². The predicted octanol–water partition coefficient (Wildman–Crippen LogP) is 1.02. The molecule has 8 heteroatoms. The summed E-state index contributed by atoms with van der Waals surface area (Å²) in [6, 6.07) is 8.43. The molecule has 1 unspecified atom stereocenters. The Morgan fingerprint density at radius 3 is 2.76 bits per heavy atom. The normalized spacial score (nSPS) is 19.7. The van der Waals surface area contributed by atoms with E-state index in [0.29, 0.717) is 24.1 Å². The Balaban J connectivity index is 1.28. The largest absolute Gasteiger partial charge is 0.493 e. The molecule has 0 aliphatic carbocycles. The van der Waals surface area contributed by atoms with E-state index in [1.807, 2.05) is 35.3 Å². The molecule has 158 valence electrons. The minimum absolute atomic E-state index is 0.238. The van der Waals surface area contributed by atoms with Gasteiger partial charge in [-0.05, 0) is 23.8 Å². The van der Waals surface area contributed by atoms with Gasteiger partial charge in [0, 0.05) is 51.7 Å². The number of aliphatic hydroxyl groups is 1. The minimum atomic E-state index is -0.549. The van der Waals surface area contributed by atoms with Crippen LogP contribution < -0.4 is 9.47 Å². The first-order valence-electron chi connectivity index (χ1n) is 10.2. The molecule has 0 radical (unpaired) electrons. The maximum atomic E-state index is 10.3. The van der Waals surface area contributed by atoms with Gasteiger partial charge >= 0.3 is 0 Å². The summed E-state index contributed by atoms with van der Waals surface area (Å²) in [4.78, 5) is 4.58. The number of ether oxygens (including phenoxy) is 3. The molecule has 1 aromatic carbocycles. The van der Waals surface area contributed by atoms with Crippen LogP contribution in [0.4, 0.5) is 0 Å². The molecule has 29 heavy (non-hydrogen) atoms. The smallest absolute Gasteiger partial charge is 0.161 e. The molecule has 1 atom stereocenters. The van der Waals surface area contributed by atoms with E-state index in [0.717, 1.165) is 45.9 Å². The average molecular weight is 402 g/mol. The van der Waals surface area contributed by atoms with Crippen molar-refractivity contribution in [1.82, 2.24) is 19.6 Å². The molecule has 2 aliphatic heterocycles. The topological polar surface area (TPSA) is 72.2 Å². The number of morpholine rings is 1. The van der Waals surface area contributed by atoms with E-state index >= 15 is 0 Å². The average Bonchev–Trinajstić information content (AvgIpc) is 3.24. The molecule has 2 aliphatic rings. The molecule has 2 saturated heterocycles. The Hall–Kier alpha value is -2.13. The number of benzene rings is 1.